The molecule has 0 amide bonds. The van der Waals surface area contributed by atoms with Crippen LogP contribution in [0.2, 0.25) is 0 Å². The molecule has 0 spiro atoms. The SMILES string of the molecule is CC=C1CCC2C3C(CC[C@]12C)[C@@]1(C)CC[C@H](O)CC1(O)[C@@H](O)[C@@H]3O. The molecular weight excluding hydrogens is 316 g/mol. The predicted octanol–water partition coefficient (Wildman–Crippen LogP) is 2.39. The van der Waals surface area contributed by atoms with Crippen molar-refractivity contribution in [2.45, 2.75) is 89.6 Å². The van der Waals surface area contributed by atoms with Crippen molar-refractivity contribution in [3.63, 3.8) is 0 Å². The molecule has 0 radical (unpaired) electrons. The van der Waals surface area contributed by atoms with Gasteiger partial charge in [-0.1, -0.05) is 25.5 Å². The highest BCUT2D eigenvalue weighted by Gasteiger charge is 2.69. The molecule has 0 heterocycles. The molecule has 4 heteroatoms. The van der Waals surface area contributed by atoms with Crippen LogP contribution in [-0.4, -0.2) is 44.3 Å². The second-order valence-corrected chi connectivity index (χ2v) is 9.77. The molecule has 25 heavy (non-hydrogen) atoms. The molecule has 4 nitrogen and oxygen atoms in total. The Morgan fingerprint density at radius 2 is 1.72 bits per heavy atom. The maximum atomic E-state index is 11.4. The fourth-order valence-electron chi connectivity index (χ4n) is 7.57. The molecule has 4 aliphatic carbocycles. The minimum absolute atomic E-state index is 0.0340. The Hall–Kier alpha value is -0.420. The van der Waals surface area contributed by atoms with Crippen LogP contribution in [0.15, 0.2) is 11.6 Å². The summed E-state index contributed by atoms with van der Waals surface area (Å²) in [6, 6.07) is 0. The van der Waals surface area contributed by atoms with Crippen LogP contribution >= 0.6 is 0 Å². The summed E-state index contributed by atoms with van der Waals surface area (Å²) in [4.78, 5) is 0. The van der Waals surface area contributed by atoms with Crippen molar-refractivity contribution < 1.29 is 20.4 Å². The summed E-state index contributed by atoms with van der Waals surface area (Å²) in [6.45, 7) is 6.55. The lowest BCUT2D eigenvalue weighted by Gasteiger charge is -2.66. The molecule has 0 bridgehead atoms. The molecular formula is C21H34O4. The van der Waals surface area contributed by atoms with Gasteiger partial charge >= 0.3 is 0 Å². The second kappa shape index (κ2) is 5.54. The van der Waals surface area contributed by atoms with Crippen LogP contribution in [0.5, 0.6) is 0 Å². The molecule has 4 rings (SSSR count). The van der Waals surface area contributed by atoms with E-state index in [9.17, 15) is 20.4 Å². The van der Waals surface area contributed by atoms with Crippen LogP contribution in [0.1, 0.15) is 65.7 Å². The maximum absolute atomic E-state index is 11.4. The lowest BCUT2D eigenvalue weighted by atomic mass is 9.42. The Kier molecular flexibility index (Phi) is 3.98. The fourth-order valence-corrected chi connectivity index (χ4v) is 7.57. The van der Waals surface area contributed by atoms with E-state index in [0.717, 1.165) is 32.1 Å². The summed E-state index contributed by atoms with van der Waals surface area (Å²) < 4.78 is 0. The summed E-state index contributed by atoms with van der Waals surface area (Å²) >= 11 is 0. The van der Waals surface area contributed by atoms with E-state index in [1.54, 1.807) is 0 Å². The van der Waals surface area contributed by atoms with Crippen molar-refractivity contribution in [3.05, 3.63) is 11.6 Å². The second-order valence-electron chi connectivity index (χ2n) is 9.77. The number of aliphatic hydroxyl groups excluding tert-OH is 3. The molecule has 0 aromatic carbocycles. The zero-order valence-corrected chi connectivity index (χ0v) is 15.8. The van der Waals surface area contributed by atoms with E-state index in [2.05, 4.69) is 26.8 Å². The van der Waals surface area contributed by atoms with Gasteiger partial charge in [-0.05, 0) is 68.6 Å². The third-order valence-corrected chi connectivity index (χ3v) is 9.09. The Labute approximate surface area is 151 Å². The van der Waals surface area contributed by atoms with Gasteiger partial charge in [0, 0.05) is 11.8 Å². The molecule has 0 saturated heterocycles. The minimum atomic E-state index is -1.39. The molecule has 4 N–H and O–H groups in total. The minimum Gasteiger partial charge on any atom is -0.393 e. The summed E-state index contributed by atoms with van der Waals surface area (Å²) in [5.74, 6) is 0.611. The normalized spacial score (nSPS) is 60.0. The van der Waals surface area contributed by atoms with E-state index in [1.165, 1.54) is 5.57 Å². The molecule has 4 unspecified atom stereocenters. The average molecular weight is 350 g/mol. The van der Waals surface area contributed by atoms with E-state index in [0.29, 0.717) is 12.3 Å². The van der Waals surface area contributed by atoms with Gasteiger partial charge in [-0.15, -0.1) is 0 Å². The highest BCUT2D eigenvalue weighted by atomic mass is 16.4. The summed E-state index contributed by atoms with van der Waals surface area (Å²) in [6.07, 6.45) is 5.37. The van der Waals surface area contributed by atoms with E-state index in [-0.39, 0.29) is 23.7 Å². The van der Waals surface area contributed by atoms with Gasteiger partial charge in [0.1, 0.15) is 11.7 Å². The standard InChI is InChI=1S/C21H34O4/c1-4-12-5-6-14-16-15(8-9-19(12,14)2)20(3)10-7-13(22)11-21(20,25)18(24)17(16)23/h4,13-18,22-25H,5-11H2,1-3H3/t13-,14?,15?,16?,17+,18-,19+,20+,21?/m0/s1. The van der Waals surface area contributed by atoms with Crippen molar-refractivity contribution in [1.29, 1.82) is 0 Å². The van der Waals surface area contributed by atoms with Gasteiger partial charge in [0.2, 0.25) is 0 Å². The van der Waals surface area contributed by atoms with Crippen molar-refractivity contribution >= 4 is 0 Å². The van der Waals surface area contributed by atoms with Crippen molar-refractivity contribution in [1.82, 2.24) is 0 Å². The van der Waals surface area contributed by atoms with Crippen LogP contribution in [-0.2, 0) is 0 Å². The van der Waals surface area contributed by atoms with Gasteiger partial charge in [-0.25, -0.2) is 0 Å². The molecule has 0 aliphatic heterocycles. The molecule has 9 atom stereocenters. The van der Waals surface area contributed by atoms with Crippen molar-refractivity contribution in [2.75, 3.05) is 0 Å². The highest BCUT2D eigenvalue weighted by Crippen LogP contribution is 2.68. The Morgan fingerprint density at radius 1 is 1.00 bits per heavy atom. The van der Waals surface area contributed by atoms with Crippen LogP contribution in [0, 0.1) is 28.6 Å². The fraction of sp³-hybridized carbons (Fsp3) is 0.905. The number of allylic oxidation sites excluding steroid dienone is 2. The van der Waals surface area contributed by atoms with Crippen LogP contribution in [0.4, 0.5) is 0 Å². The highest BCUT2D eigenvalue weighted by molar-refractivity contribution is 5.26. The van der Waals surface area contributed by atoms with Crippen molar-refractivity contribution in [2.24, 2.45) is 28.6 Å². The molecule has 4 fully saturated rings. The van der Waals surface area contributed by atoms with Gasteiger partial charge in [0.05, 0.1) is 12.2 Å². The lowest BCUT2D eigenvalue weighted by molar-refractivity contribution is -0.295. The number of hydrogen-bond donors (Lipinski definition) is 4. The van der Waals surface area contributed by atoms with E-state index in [1.807, 2.05) is 0 Å². The van der Waals surface area contributed by atoms with E-state index < -0.39 is 29.3 Å². The molecule has 0 aromatic heterocycles. The van der Waals surface area contributed by atoms with Crippen LogP contribution in [0.25, 0.3) is 0 Å². The predicted molar refractivity (Wildman–Crippen MR) is 95.7 cm³/mol. The number of aliphatic hydroxyl groups is 4. The number of fused-ring (bicyclic) bond motifs is 5. The largest absolute Gasteiger partial charge is 0.393 e. The van der Waals surface area contributed by atoms with E-state index in [4.69, 9.17) is 0 Å². The topological polar surface area (TPSA) is 80.9 Å². The third-order valence-electron chi connectivity index (χ3n) is 9.09. The van der Waals surface area contributed by atoms with Gasteiger partial charge in [0.15, 0.2) is 0 Å². The third kappa shape index (κ3) is 2.08. The smallest absolute Gasteiger partial charge is 0.109 e. The van der Waals surface area contributed by atoms with Gasteiger partial charge in [0.25, 0.3) is 0 Å². The maximum Gasteiger partial charge on any atom is 0.109 e. The summed E-state index contributed by atoms with van der Waals surface area (Å²) in [5.41, 5.74) is -0.199. The first-order chi connectivity index (χ1) is 11.7. The molecule has 0 aromatic rings. The zero-order valence-electron chi connectivity index (χ0n) is 15.8. The number of hydrogen-bond acceptors (Lipinski definition) is 4. The van der Waals surface area contributed by atoms with E-state index >= 15 is 0 Å². The summed E-state index contributed by atoms with van der Waals surface area (Å²) in [5, 5.41) is 43.6. The quantitative estimate of drug-likeness (QED) is 0.506. The average Bonchev–Trinajstić information content (AvgIpc) is 2.91. The lowest BCUT2D eigenvalue weighted by Crippen LogP contribution is -2.73. The number of rotatable bonds is 0. The van der Waals surface area contributed by atoms with Crippen LogP contribution in [0.3, 0.4) is 0 Å². The van der Waals surface area contributed by atoms with Crippen molar-refractivity contribution in [3.8, 4) is 0 Å². The van der Waals surface area contributed by atoms with Gasteiger partial charge < -0.3 is 20.4 Å². The first-order valence-electron chi connectivity index (χ1n) is 10.1. The summed E-state index contributed by atoms with van der Waals surface area (Å²) in [7, 11) is 0. The van der Waals surface area contributed by atoms with Gasteiger partial charge in [-0.3, -0.25) is 0 Å². The van der Waals surface area contributed by atoms with Crippen LogP contribution < -0.4 is 0 Å². The Morgan fingerprint density at radius 3 is 2.40 bits per heavy atom. The monoisotopic (exact) mass is 350 g/mol. The molecule has 142 valence electrons. The molecule has 4 aliphatic rings. The zero-order chi connectivity index (χ0) is 18.2. The first kappa shape index (κ1) is 18.0. The Bertz CT molecular complexity index is 588. The Balaban J connectivity index is 1.77. The first-order valence-corrected chi connectivity index (χ1v) is 10.1. The van der Waals surface area contributed by atoms with Gasteiger partial charge in [-0.2, -0.15) is 0 Å². The molecule has 4 saturated carbocycles.